The molecule has 0 fully saturated rings. The Hall–Kier alpha value is -3.52. The van der Waals surface area contributed by atoms with Crippen LogP contribution in [0, 0.1) is 0 Å². The van der Waals surface area contributed by atoms with Crippen molar-refractivity contribution in [3.8, 4) is 0 Å². The molecule has 0 spiro atoms. The second-order valence-corrected chi connectivity index (χ2v) is 21.7. The predicted molar refractivity (Wildman–Crippen MR) is 308 cm³/mol. The van der Waals surface area contributed by atoms with Crippen LogP contribution in [0.15, 0.2) is 97.1 Å². The van der Waals surface area contributed by atoms with Crippen LogP contribution < -0.4 is 11.5 Å². The van der Waals surface area contributed by atoms with Crippen LogP contribution in [0.5, 0.6) is 0 Å². The van der Waals surface area contributed by atoms with E-state index in [1.165, 1.54) is 284 Å². The average molecular weight is 940 g/mol. The Kier molecular flexibility index (Phi) is 32.9. The van der Waals surface area contributed by atoms with Gasteiger partial charge in [0.05, 0.1) is 0 Å². The lowest BCUT2D eigenvalue weighted by molar-refractivity contribution is 0.530. The van der Waals surface area contributed by atoms with Crippen molar-refractivity contribution in [3.63, 3.8) is 0 Å². The minimum atomic E-state index is 0.468. The number of unbranched alkanes of at least 4 members (excludes halogenated alkanes) is 32. The SMILES string of the molecule is CCCCCCCCCCCCC(c1ccc(N)cc1)c1ccc(CCCCCCCCCCCCCCCCCc2ccc(C(CCCCCCCCCCCC)c3ccc(N)cc3)cc2)cc1. The molecule has 2 atom stereocenters. The molecule has 2 heteroatoms. The molecule has 0 amide bonds. The fourth-order valence-corrected chi connectivity index (χ4v) is 11.0. The van der Waals surface area contributed by atoms with E-state index in [2.05, 4.69) is 111 Å². The summed E-state index contributed by atoms with van der Waals surface area (Å²) in [5, 5.41) is 0. The molecule has 2 nitrogen and oxygen atoms in total. The van der Waals surface area contributed by atoms with Crippen LogP contribution in [0.4, 0.5) is 11.4 Å². The van der Waals surface area contributed by atoms with Crippen molar-refractivity contribution >= 4 is 11.4 Å². The van der Waals surface area contributed by atoms with E-state index in [1.54, 1.807) is 0 Å². The lowest BCUT2D eigenvalue weighted by Gasteiger charge is -2.19. The summed E-state index contributed by atoms with van der Waals surface area (Å²) in [4.78, 5) is 0. The van der Waals surface area contributed by atoms with Crippen LogP contribution in [0.1, 0.15) is 297 Å². The maximum atomic E-state index is 6.07. The minimum Gasteiger partial charge on any atom is -0.399 e. The van der Waals surface area contributed by atoms with Gasteiger partial charge in [0.25, 0.3) is 0 Å². The molecule has 2 unspecified atom stereocenters. The number of anilines is 2. The first-order valence-corrected chi connectivity index (χ1v) is 30.0. The molecule has 69 heavy (non-hydrogen) atoms. The molecule has 4 rings (SSSR count). The lowest BCUT2D eigenvalue weighted by Crippen LogP contribution is -2.02. The Morgan fingerprint density at radius 2 is 0.449 bits per heavy atom. The van der Waals surface area contributed by atoms with Gasteiger partial charge in [-0.2, -0.15) is 0 Å². The zero-order valence-electron chi connectivity index (χ0n) is 45.1. The van der Waals surface area contributed by atoms with Gasteiger partial charge >= 0.3 is 0 Å². The first-order chi connectivity index (χ1) is 34.1. The van der Waals surface area contributed by atoms with Crippen LogP contribution in [-0.4, -0.2) is 0 Å². The highest BCUT2D eigenvalue weighted by atomic mass is 14.5. The van der Waals surface area contributed by atoms with Crippen LogP contribution in [-0.2, 0) is 12.8 Å². The van der Waals surface area contributed by atoms with Crippen molar-refractivity contribution in [2.24, 2.45) is 0 Å². The first kappa shape index (κ1) is 58.1. The van der Waals surface area contributed by atoms with Crippen molar-refractivity contribution in [2.75, 3.05) is 11.5 Å². The van der Waals surface area contributed by atoms with Gasteiger partial charge < -0.3 is 11.5 Å². The standard InChI is InChI=1S/C67H106N2/c1-3-5-7-9-11-13-24-28-32-36-40-66(62-50-54-64(68)55-51-62)60-46-42-58(43-47-60)38-34-30-26-22-20-18-16-15-17-19-21-23-27-31-35-39-59-44-48-61(49-45-59)67(63-52-56-65(69)57-53-63)41-37-33-29-25-14-12-10-8-6-4-2/h42-57,66-67H,3-41,68-69H2,1-2H3. The van der Waals surface area contributed by atoms with Crippen molar-refractivity contribution < 1.29 is 0 Å². The lowest BCUT2D eigenvalue weighted by atomic mass is 9.86. The molecule has 0 saturated heterocycles. The van der Waals surface area contributed by atoms with Gasteiger partial charge in [0.1, 0.15) is 0 Å². The second kappa shape index (κ2) is 39.1. The summed E-state index contributed by atoms with van der Waals surface area (Å²) in [5.74, 6) is 0.936. The monoisotopic (exact) mass is 939 g/mol. The number of nitrogens with two attached hydrogens (primary N) is 2. The third-order valence-electron chi connectivity index (χ3n) is 15.6. The van der Waals surface area contributed by atoms with E-state index in [1.807, 2.05) is 0 Å². The number of hydrogen-bond acceptors (Lipinski definition) is 2. The topological polar surface area (TPSA) is 52.0 Å². The molecule has 0 radical (unpaired) electrons. The van der Waals surface area contributed by atoms with Gasteiger partial charge in [-0.05, 0) is 96.2 Å². The summed E-state index contributed by atoms with van der Waals surface area (Å²) in [6.07, 6.45) is 53.6. The van der Waals surface area contributed by atoms with Gasteiger partial charge in [-0.15, -0.1) is 0 Å². The molecule has 4 aromatic carbocycles. The number of aryl methyl sites for hydroxylation is 2. The number of rotatable bonds is 44. The molecular weight excluding hydrogens is 833 g/mol. The second-order valence-electron chi connectivity index (χ2n) is 21.7. The predicted octanol–water partition coefficient (Wildman–Crippen LogP) is 21.4. The molecule has 4 aromatic rings. The Morgan fingerprint density at radius 1 is 0.246 bits per heavy atom. The fraction of sp³-hybridized carbons (Fsp3) is 0.642. The van der Waals surface area contributed by atoms with Crippen molar-refractivity contribution in [3.05, 3.63) is 130 Å². The van der Waals surface area contributed by atoms with Gasteiger partial charge in [0.15, 0.2) is 0 Å². The molecule has 0 aromatic heterocycles. The summed E-state index contributed by atoms with van der Waals surface area (Å²) in [7, 11) is 0. The van der Waals surface area contributed by atoms with Gasteiger partial charge in [-0.3, -0.25) is 0 Å². The van der Waals surface area contributed by atoms with E-state index in [9.17, 15) is 0 Å². The van der Waals surface area contributed by atoms with Gasteiger partial charge in [0.2, 0.25) is 0 Å². The Bertz CT molecular complexity index is 1610. The van der Waals surface area contributed by atoms with Gasteiger partial charge in [0, 0.05) is 23.2 Å². The van der Waals surface area contributed by atoms with E-state index >= 15 is 0 Å². The van der Waals surface area contributed by atoms with Crippen molar-refractivity contribution in [2.45, 2.75) is 276 Å². The average Bonchev–Trinajstić information content (AvgIpc) is 3.37. The number of nitrogen functional groups attached to an aromatic ring is 2. The highest BCUT2D eigenvalue weighted by molar-refractivity contribution is 5.44. The van der Waals surface area contributed by atoms with Crippen LogP contribution in [0.3, 0.4) is 0 Å². The normalized spacial score (nSPS) is 12.4. The quantitative estimate of drug-likeness (QED) is 0.0343. The molecule has 0 aliphatic carbocycles. The maximum absolute atomic E-state index is 6.07. The fourth-order valence-electron chi connectivity index (χ4n) is 11.0. The first-order valence-electron chi connectivity index (χ1n) is 30.0. The number of benzene rings is 4. The summed E-state index contributed by atoms with van der Waals surface area (Å²) >= 11 is 0. The van der Waals surface area contributed by atoms with E-state index < -0.39 is 0 Å². The molecule has 4 N–H and O–H groups in total. The zero-order chi connectivity index (χ0) is 48.7. The largest absolute Gasteiger partial charge is 0.399 e. The Balaban J connectivity index is 0.970. The Morgan fingerprint density at radius 3 is 0.696 bits per heavy atom. The van der Waals surface area contributed by atoms with Crippen LogP contribution >= 0.6 is 0 Å². The van der Waals surface area contributed by atoms with Crippen molar-refractivity contribution in [1.82, 2.24) is 0 Å². The smallest absolute Gasteiger partial charge is 0.0314 e. The van der Waals surface area contributed by atoms with E-state index in [4.69, 9.17) is 11.5 Å². The molecule has 0 bridgehead atoms. The summed E-state index contributed by atoms with van der Waals surface area (Å²) < 4.78 is 0. The van der Waals surface area contributed by atoms with E-state index in [-0.39, 0.29) is 0 Å². The summed E-state index contributed by atoms with van der Waals surface area (Å²) in [6.45, 7) is 4.61. The third kappa shape index (κ3) is 27.0. The van der Waals surface area contributed by atoms with E-state index in [0.717, 1.165) is 11.4 Å². The maximum Gasteiger partial charge on any atom is 0.0314 e. The van der Waals surface area contributed by atoms with Crippen LogP contribution in [0.2, 0.25) is 0 Å². The van der Waals surface area contributed by atoms with Gasteiger partial charge in [-0.25, -0.2) is 0 Å². The molecule has 0 aliphatic rings. The molecular formula is C67H106N2. The summed E-state index contributed by atoms with van der Waals surface area (Å²) in [6, 6.07) is 36.7. The molecule has 0 saturated carbocycles. The highest BCUT2D eigenvalue weighted by Gasteiger charge is 2.16. The third-order valence-corrected chi connectivity index (χ3v) is 15.6. The molecule has 0 aliphatic heterocycles. The van der Waals surface area contributed by atoms with Crippen molar-refractivity contribution in [1.29, 1.82) is 0 Å². The van der Waals surface area contributed by atoms with Gasteiger partial charge in [-0.1, -0.05) is 299 Å². The minimum absolute atomic E-state index is 0.468. The summed E-state index contributed by atoms with van der Waals surface area (Å²) in [5.41, 5.74) is 22.6. The molecule has 384 valence electrons. The van der Waals surface area contributed by atoms with E-state index in [0.29, 0.717) is 11.8 Å². The molecule has 0 heterocycles. The Labute approximate surface area is 427 Å². The van der Waals surface area contributed by atoms with Crippen LogP contribution in [0.25, 0.3) is 0 Å². The zero-order valence-corrected chi connectivity index (χ0v) is 45.1. The number of hydrogen-bond donors (Lipinski definition) is 2. The highest BCUT2D eigenvalue weighted by Crippen LogP contribution is 2.33.